The van der Waals surface area contributed by atoms with E-state index in [4.69, 9.17) is 0 Å². The van der Waals surface area contributed by atoms with Gasteiger partial charge in [0, 0.05) is 23.5 Å². The molecule has 0 spiro atoms. The zero-order valence-electron chi connectivity index (χ0n) is 18.6. The third-order valence-electron chi connectivity index (χ3n) is 5.74. The number of fused-ring (bicyclic) bond motifs is 4. The summed E-state index contributed by atoms with van der Waals surface area (Å²) in [7, 11) is -3.79. The maximum atomic E-state index is 13.5. The lowest BCUT2D eigenvalue weighted by Gasteiger charge is -2.17. The number of hydrogen-bond donors (Lipinski definition) is 1. The minimum atomic E-state index is -5.39. The number of aromatic amines is 1. The Balaban J connectivity index is 1.84. The highest BCUT2D eigenvalue weighted by molar-refractivity contribution is 7.81. The van der Waals surface area contributed by atoms with Gasteiger partial charge in [0.2, 0.25) is 0 Å². The SMILES string of the molecule is Cn1c2cc(-c3cccc(OS(=O)(=O)F)c3)c(OC(F)(F)F)cc2c(=O)c2c3ccc(C#N)cc3[nH]c21. The quantitative estimate of drug-likeness (QED) is 0.252. The van der Waals surface area contributed by atoms with Crippen LogP contribution in [0.25, 0.3) is 44.0 Å². The molecule has 0 saturated carbocycles. The molecule has 2 heterocycles. The summed E-state index contributed by atoms with van der Waals surface area (Å²) in [4.78, 5) is 16.6. The zero-order chi connectivity index (χ0) is 26.7. The van der Waals surface area contributed by atoms with Crippen molar-refractivity contribution < 1.29 is 34.4 Å². The highest BCUT2D eigenvalue weighted by Gasteiger charge is 2.33. The van der Waals surface area contributed by atoms with Crippen molar-refractivity contribution in [2.75, 3.05) is 0 Å². The Labute approximate surface area is 205 Å². The van der Waals surface area contributed by atoms with Crippen molar-refractivity contribution in [2.45, 2.75) is 6.36 Å². The number of nitriles is 1. The van der Waals surface area contributed by atoms with Crippen LogP contribution in [0.4, 0.5) is 17.1 Å². The van der Waals surface area contributed by atoms with Gasteiger partial charge in [0.05, 0.1) is 27.9 Å². The Hall–Kier alpha value is -4.57. The van der Waals surface area contributed by atoms with Gasteiger partial charge in [-0.1, -0.05) is 22.1 Å². The van der Waals surface area contributed by atoms with Gasteiger partial charge in [-0.05, 0) is 42.0 Å². The Morgan fingerprint density at radius 2 is 1.81 bits per heavy atom. The number of pyridine rings is 1. The molecule has 0 amide bonds. The first-order valence-corrected chi connectivity index (χ1v) is 11.7. The molecule has 5 rings (SSSR count). The molecule has 13 heteroatoms. The largest absolute Gasteiger partial charge is 0.573 e. The van der Waals surface area contributed by atoms with E-state index in [0.717, 1.165) is 18.2 Å². The van der Waals surface area contributed by atoms with Crippen molar-refractivity contribution in [2.24, 2.45) is 7.05 Å². The first-order chi connectivity index (χ1) is 17.3. The standard InChI is InChI=1S/C24H13F4N3O5S/c1-31-19-9-16(13-3-2-4-14(8-13)36-37(28,33)34)20(35-24(25,26)27)10-17(19)22(32)21-15-6-5-12(11-29)7-18(15)30-23(21)31/h2-10,30H,1H3. The summed E-state index contributed by atoms with van der Waals surface area (Å²) < 4.78 is 84.7. The van der Waals surface area contributed by atoms with Gasteiger partial charge in [-0.3, -0.25) is 4.79 Å². The second-order valence-electron chi connectivity index (χ2n) is 8.03. The van der Waals surface area contributed by atoms with Crippen LogP contribution >= 0.6 is 0 Å². The number of nitrogens with one attached hydrogen (secondary N) is 1. The number of hydrogen-bond acceptors (Lipinski definition) is 6. The van der Waals surface area contributed by atoms with Crippen LogP contribution in [0.15, 0.2) is 59.4 Å². The van der Waals surface area contributed by atoms with Gasteiger partial charge in [0.1, 0.15) is 17.1 Å². The molecule has 5 aromatic rings. The van der Waals surface area contributed by atoms with Gasteiger partial charge in [0.25, 0.3) is 0 Å². The molecule has 0 fully saturated rings. The highest BCUT2D eigenvalue weighted by atomic mass is 32.3. The van der Waals surface area contributed by atoms with Gasteiger partial charge in [-0.2, -0.15) is 13.7 Å². The molecule has 0 bridgehead atoms. The summed E-state index contributed by atoms with van der Waals surface area (Å²) in [5.41, 5.74) is 0.685. The highest BCUT2D eigenvalue weighted by Crippen LogP contribution is 2.39. The lowest BCUT2D eigenvalue weighted by molar-refractivity contribution is -0.274. The van der Waals surface area contributed by atoms with E-state index >= 15 is 0 Å². The van der Waals surface area contributed by atoms with Crippen LogP contribution in [-0.2, 0) is 17.6 Å². The number of halogens is 4. The molecule has 0 unspecified atom stereocenters. The lowest BCUT2D eigenvalue weighted by Crippen LogP contribution is -2.18. The second kappa shape index (κ2) is 8.24. The average molecular weight is 531 g/mol. The summed E-state index contributed by atoms with van der Waals surface area (Å²) >= 11 is 0. The Morgan fingerprint density at radius 3 is 2.49 bits per heavy atom. The van der Waals surface area contributed by atoms with Gasteiger partial charge in [-0.25, -0.2) is 0 Å². The van der Waals surface area contributed by atoms with Crippen molar-refractivity contribution >= 4 is 43.3 Å². The topological polar surface area (TPSA) is 114 Å². The molecule has 37 heavy (non-hydrogen) atoms. The van der Waals surface area contributed by atoms with E-state index in [0.29, 0.717) is 22.1 Å². The molecule has 3 aromatic carbocycles. The van der Waals surface area contributed by atoms with Crippen LogP contribution in [0.2, 0.25) is 0 Å². The zero-order valence-corrected chi connectivity index (χ0v) is 19.4. The Morgan fingerprint density at radius 1 is 1.05 bits per heavy atom. The molecular formula is C24H13F4N3O5S. The number of aryl methyl sites for hydroxylation is 1. The third kappa shape index (κ3) is 4.43. The number of ether oxygens (including phenoxy) is 1. The van der Waals surface area contributed by atoms with Crippen molar-refractivity contribution in [3.63, 3.8) is 0 Å². The van der Waals surface area contributed by atoms with E-state index in [9.17, 15) is 35.5 Å². The number of alkyl halides is 3. The van der Waals surface area contributed by atoms with Crippen molar-refractivity contribution in [1.82, 2.24) is 9.55 Å². The van der Waals surface area contributed by atoms with E-state index in [1.165, 1.54) is 24.3 Å². The predicted molar refractivity (Wildman–Crippen MR) is 126 cm³/mol. The van der Waals surface area contributed by atoms with Gasteiger partial charge < -0.3 is 18.5 Å². The summed E-state index contributed by atoms with van der Waals surface area (Å²) in [6.07, 6.45) is -5.12. The summed E-state index contributed by atoms with van der Waals surface area (Å²) in [6, 6.07) is 13.6. The van der Waals surface area contributed by atoms with Crippen LogP contribution < -0.4 is 14.3 Å². The van der Waals surface area contributed by atoms with Crippen molar-refractivity contribution in [3.05, 3.63) is 70.4 Å². The van der Waals surface area contributed by atoms with Crippen LogP contribution in [0.5, 0.6) is 11.5 Å². The fourth-order valence-electron chi connectivity index (χ4n) is 4.28. The van der Waals surface area contributed by atoms with Crippen LogP contribution in [0.3, 0.4) is 0 Å². The fourth-order valence-corrected chi connectivity index (χ4v) is 4.62. The Kier molecular flexibility index (Phi) is 5.38. The fraction of sp³-hybridized carbons (Fsp3) is 0.0833. The molecule has 2 aromatic heterocycles. The summed E-state index contributed by atoms with van der Waals surface area (Å²) in [5.74, 6) is -1.21. The predicted octanol–water partition coefficient (Wildman–Crippen LogP) is 5.20. The van der Waals surface area contributed by atoms with E-state index < -0.39 is 33.8 Å². The molecule has 0 aliphatic carbocycles. The molecule has 0 radical (unpaired) electrons. The van der Waals surface area contributed by atoms with Crippen LogP contribution in [-0.4, -0.2) is 24.3 Å². The monoisotopic (exact) mass is 531 g/mol. The molecule has 0 saturated heterocycles. The van der Waals surface area contributed by atoms with Gasteiger partial charge in [-0.15, -0.1) is 13.2 Å². The molecule has 1 N–H and O–H groups in total. The number of benzene rings is 3. The normalized spacial score (nSPS) is 12.2. The smallest absolute Gasteiger partial charge is 0.405 e. The number of rotatable bonds is 4. The van der Waals surface area contributed by atoms with E-state index in [1.807, 2.05) is 6.07 Å². The molecule has 8 nitrogen and oxygen atoms in total. The summed E-state index contributed by atoms with van der Waals surface area (Å²) in [5, 5.41) is 9.79. The Bertz CT molecular complexity index is 1950. The van der Waals surface area contributed by atoms with E-state index in [-0.39, 0.29) is 27.4 Å². The second-order valence-corrected chi connectivity index (χ2v) is 8.98. The summed E-state index contributed by atoms with van der Waals surface area (Å²) in [6.45, 7) is 0. The number of aromatic nitrogens is 2. The molecule has 0 atom stereocenters. The van der Waals surface area contributed by atoms with Gasteiger partial charge >= 0.3 is 16.9 Å². The number of H-pyrrole nitrogens is 1. The van der Waals surface area contributed by atoms with Gasteiger partial charge in [0.15, 0.2) is 5.43 Å². The molecule has 188 valence electrons. The van der Waals surface area contributed by atoms with E-state index in [2.05, 4.69) is 13.9 Å². The van der Waals surface area contributed by atoms with E-state index in [1.54, 1.807) is 23.7 Å². The number of nitrogens with zero attached hydrogens (tertiary/aromatic N) is 2. The molecule has 0 aliphatic heterocycles. The maximum absolute atomic E-state index is 13.5. The van der Waals surface area contributed by atoms with Crippen LogP contribution in [0, 0.1) is 11.3 Å². The van der Waals surface area contributed by atoms with Crippen molar-refractivity contribution in [3.8, 4) is 28.7 Å². The first kappa shape index (κ1) is 24.1. The lowest BCUT2D eigenvalue weighted by atomic mass is 10.0. The third-order valence-corrected chi connectivity index (χ3v) is 6.13. The van der Waals surface area contributed by atoms with Crippen molar-refractivity contribution in [1.29, 1.82) is 5.26 Å². The minimum absolute atomic E-state index is 0.00477. The average Bonchev–Trinajstić information content (AvgIpc) is 3.19. The molecular weight excluding hydrogens is 518 g/mol. The minimum Gasteiger partial charge on any atom is -0.405 e. The van der Waals surface area contributed by atoms with Crippen LogP contribution in [0.1, 0.15) is 5.56 Å². The first-order valence-electron chi connectivity index (χ1n) is 10.4. The molecule has 0 aliphatic rings. The maximum Gasteiger partial charge on any atom is 0.573 e.